The van der Waals surface area contributed by atoms with Crippen molar-refractivity contribution in [1.29, 1.82) is 0 Å². The minimum absolute atomic E-state index is 0.144. The van der Waals surface area contributed by atoms with Crippen LogP contribution in [-0.2, 0) is 19.1 Å². The van der Waals surface area contributed by atoms with Gasteiger partial charge < -0.3 is 30.3 Å². The number of aliphatic hydroxyl groups excluding tert-OH is 3. The van der Waals surface area contributed by atoms with Crippen LogP contribution in [-0.4, -0.2) is 79.2 Å². The molecule has 3 fully saturated rings. The van der Waals surface area contributed by atoms with E-state index in [9.17, 15) is 39.9 Å². The van der Waals surface area contributed by atoms with Crippen LogP contribution >= 0.6 is 0 Å². The van der Waals surface area contributed by atoms with Gasteiger partial charge >= 0.3 is 5.97 Å². The van der Waals surface area contributed by atoms with Crippen LogP contribution in [0.4, 0.5) is 0 Å². The van der Waals surface area contributed by atoms with Gasteiger partial charge in [0.15, 0.2) is 5.78 Å². The van der Waals surface area contributed by atoms with Crippen molar-refractivity contribution in [3.8, 4) is 0 Å². The number of aliphatic hydroxyl groups is 4. The summed E-state index contributed by atoms with van der Waals surface area (Å²) in [5.74, 6) is -2.90. The van der Waals surface area contributed by atoms with E-state index >= 15 is 0 Å². The maximum atomic E-state index is 14.2. The lowest BCUT2D eigenvalue weighted by molar-refractivity contribution is -0.151. The quantitative estimate of drug-likeness (QED) is 0.237. The van der Waals surface area contributed by atoms with Crippen molar-refractivity contribution >= 4 is 17.5 Å². The smallest absolute Gasteiger partial charge is 0.306 e. The molecule has 1 heterocycles. The first-order valence-corrected chi connectivity index (χ1v) is 14.0. The molecular formula is C30H42O9. The number of epoxide rings is 1. The van der Waals surface area contributed by atoms with Gasteiger partial charge in [0.1, 0.15) is 11.4 Å². The van der Waals surface area contributed by atoms with E-state index in [-0.39, 0.29) is 42.8 Å². The van der Waals surface area contributed by atoms with Crippen LogP contribution in [0.15, 0.2) is 23.3 Å². The standard InChI is InChI=1S/C30H42O9/c1-15(24(36)37)9-16(32)13-27(4,38)19-11-22(35)29(6)28(19,5)21(34)10-18-25(2)8-7-20(33)26(3,14-31)17(25)12-23-30(18,29)39-23/h10-11,15,17,20,22-23,31,33,35,38H,7-9,12-14H2,1-6H3,(H,36,37)/t15?,17?,20-,22+,23-,25-,26-,27-,28-,29+,30+/m0/s1. The number of ether oxygens (including phenoxy) is 1. The predicted molar refractivity (Wildman–Crippen MR) is 139 cm³/mol. The second-order valence-electron chi connectivity index (χ2n) is 14.0. The Bertz CT molecular complexity index is 1200. The van der Waals surface area contributed by atoms with Crippen LogP contribution in [0.1, 0.15) is 73.6 Å². The molecule has 5 N–H and O–H groups in total. The molecule has 4 aliphatic carbocycles. The number of hydrogen-bond donors (Lipinski definition) is 5. The number of aliphatic carboxylic acids is 1. The first-order valence-electron chi connectivity index (χ1n) is 14.0. The highest BCUT2D eigenvalue weighted by Gasteiger charge is 2.85. The Morgan fingerprint density at radius 2 is 1.85 bits per heavy atom. The fourth-order valence-electron chi connectivity index (χ4n) is 9.28. The fraction of sp³-hybridized carbons (Fsp3) is 0.767. The second kappa shape index (κ2) is 8.32. The number of rotatable bonds is 7. The highest BCUT2D eigenvalue weighted by Crippen LogP contribution is 2.79. The number of fused-ring (bicyclic) bond motifs is 3. The Morgan fingerprint density at radius 3 is 2.44 bits per heavy atom. The SMILES string of the molecule is CC(CC(=O)C[C@](C)(O)C1=C[C@@H](O)[C@]2(C)[C@]1(C)C(=O)C=C1[C@]23O[C@H]3CC2[C@](C)(CO)[C@@H](O)CC[C@]12C)C(=O)O. The highest BCUT2D eigenvalue weighted by atomic mass is 16.6. The largest absolute Gasteiger partial charge is 0.481 e. The maximum absolute atomic E-state index is 14.2. The average Bonchev–Trinajstić information content (AvgIpc) is 3.53. The zero-order valence-electron chi connectivity index (χ0n) is 23.7. The van der Waals surface area contributed by atoms with Gasteiger partial charge in [0.05, 0.1) is 41.9 Å². The van der Waals surface area contributed by atoms with Gasteiger partial charge in [0, 0.05) is 23.7 Å². The number of carbonyl (C=O) groups is 3. The van der Waals surface area contributed by atoms with Gasteiger partial charge in [0.25, 0.3) is 0 Å². The van der Waals surface area contributed by atoms with E-state index in [0.29, 0.717) is 19.3 Å². The lowest BCUT2D eigenvalue weighted by Crippen LogP contribution is -2.67. The van der Waals surface area contributed by atoms with Crippen molar-refractivity contribution in [2.45, 2.75) is 103 Å². The van der Waals surface area contributed by atoms with Crippen molar-refractivity contribution in [2.24, 2.45) is 33.5 Å². The summed E-state index contributed by atoms with van der Waals surface area (Å²) in [5.41, 5.74) is -5.63. The molecular weight excluding hydrogens is 504 g/mol. The third-order valence-corrected chi connectivity index (χ3v) is 11.9. The molecule has 11 atom stereocenters. The van der Waals surface area contributed by atoms with Gasteiger partial charge in [-0.3, -0.25) is 14.4 Å². The zero-order valence-corrected chi connectivity index (χ0v) is 23.7. The van der Waals surface area contributed by atoms with Crippen molar-refractivity contribution in [3.63, 3.8) is 0 Å². The summed E-state index contributed by atoms with van der Waals surface area (Å²) < 4.78 is 6.53. The molecule has 0 aromatic heterocycles. The minimum Gasteiger partial charge on any atom is -0.481 e. The van der Waals surface area contributed by atoms with Crippen LogP contribution in [0.3, 0.4) is 0 Å². The highest BCUT2D eigenvalue weighted by molar-refractivity contribution is 6.02. The number of hydrogen-bond acceptors (Lipinski definition) is 8. The molecule has 0 amide bonds. The molecule has 1 aliphatic heterocycles. The summed E-state index contributed by atoms with van der Waals surface area (Å²) in [6.45, 7) is 10.1. The number of carbonyl (C=O) groups excluding carboxylic acids is 2. The Labute approximate surface area is 228 Å². The number of Topliss-reactive ketones (excluding diaryl/α,β-unsaturated/α-hetero) is 1. The van der Waals surface area contributed by atoms with Gasteiger partial charge in [-0.05, 0) is 61.7 Å². The van der Waals surface area contributed by atoms with Crippen LogP contribution in [0.2, 0.25) is 0 Å². The first kappa shape index (κ1) is 28.6. The number of carboxylic acids is 1. The number of ketones is 2. The monoisotopic (exact) mass is 546 g/mol. The van der Waals surface area contributed by atoms with Crippen molar-refractivity contribution in [1.82, 2.24) is 0 Å². The van der Waals surface area contributed by atoms with E-state index in [1.807, 2.05) is 13.8 Å². The van der Waals surface area contributed by atoms with E-state index in [2.05, 4.69) is 6.92 Å². The normalized spacial score (nSPS) is 48.4. The summed E-state index contributed by atoms with van der Waals surface area (Å²) in [6.07, 6.45) is 1.88. The molecule has 0 radical (unpaired) electrons. The fourth-order valence-corrected chi connectivity index (χ4v) is 9.28. The minimum atomic E-state index is -1.80. The van der Waals surface area contributed by atoms with Crippen molar-refractivity contribution in [2.75, 3.05) is 6.61 Å². The van der Waals surface area contributed by atoms with Crippen LogP contribution in [0.5, 0.6) is 0 Å². The molecule has 216 valence electrons. The van der Waals surface area contributed by atoms with E-state index < -0.39 is 62.7 Å². The van der Waals surface area contributed by atoms with Crippen molar-refractivity contribution in [3.05, 3.63) is 23.3 Å². The molecule has 0 bridgehead atoms. The summed E-state index contributed by atoms with van der Waals surface area (Å²) in [7, 11) is 0. The Balaban J connectivity index is 1.57. The lowest BCUT2D eigenvalue weighted by atomic mass is 9.40. The van der Waals surface area contributed by atoms with E-state index in [4.69, 9.17) is 4.74 Å². The summed E-state index contributed by atoms with van der Waals surface area (Å²) in [5, 5.41) is 53.7. The molecule has 9 nitrogen and oxygen atoms in total. The van der Waals surface area contributed by atoms with Gasteiger partial charge in [-0.15, -0.1) is 0 Å². The molecule has 39 heavy (non-hydrogen) atoms. The third-order valence-electron chi connectivity index (χ3n) is 11.9. The van der Waals surface area contributed by atoms with Gasteiger partial charge in [0.2, 0.25) is 0 Å². The second-order valence-corrected chi connectivity index (χ2v) is 14.0. The zero-order chi connectivity index (χ0) is 29.1. The molecule has 1 spiro atoms. The van der Waals surface area contributed by atoms with Crippen molar-refractivity contribution < 1.29 is 44.7 Å². The average molecular weight is 547 g/mol. The first-order chi connectivity index (χ1) is 17.9. The third kappa shape index (κ3) is 3.28. The molecule has 2 unspecified atom stereocenters. The van der Waals surface area contributed by atoms with Crippen LogP contribution < -0.4 is 0 Å². The molecule has 0 aromatic carbocycles. The molecule has 1 saturated heterocycles. The van der Waals surface area contributed by atoms with E-state index in [1.54, 1.807) is 13.0 Å². The number of carboxylic acid groups (broad SMARTS) is 1. The van der Waals surface area contributed by atoms with Gasteiger partial charge in [-0.2, -0.15) is 0 Å². The van der Waals surface area contributed by atoms with Crippen LogP contribution in [0, 0.1) is 33.5 Å². The van der Waals surface area contributed by atoms with Gasteiger partial charge in [-0.25, -0.2) is 0 Å². The lowest BCUT2D eigenvalue weighted by Gasteiger charge is -2.62. The summed E-state index contributed by atoms with van der Waals surface area (Å²) in [6, 6.07) is 0. The molecule has 2 saturated carbocycles. The molecule has 5 rings (SSSR count). The van der Waals surface area contributed by atoms with E-state index in [0.717, 1.165) is 5.57 Å². The number of allylic oxidation sites excluding steroid dienone is 1. The molecule has 0 aromatic rings. The molecule has 9 heteroatoms. The summed E-state index contributed by atoms with van der Waals surface area (Å²) in [4.78, 5) is 38.3. The Kier molecular flexibility index (Phi) is 6.10. The van der Waals surface area contributed by atoms with Crippen LogP contribution in [0.25, 0.3) is 0 Å². The van der Waals surface area contributed by atoms with E-state index in [1.165, 1.54) is 19.9 Å². The Morgan fingerprint density at radius 1 is 1.21 bits per heavy atom. The Hall–Kier alpha value is -1.91. The predicted octanol–water partition coefficient (Wildman–Crippen LogP) is 1.95. The summed E-state index contributed by atoms with van der Waals surface area (Å²) >= 11 is 0. The van der Waals surface area contributed by atoms with Gasteiger partial charge in [-0.1, -0.05) is 33.8 Å². The maximum Gasteiger partial charge on any atom is 0.306 e. The topological polar surface area (TPSA) is 165 Å². The molecule has 5 aliphatic rings.